The smallest absolute Gasteiger partial charge is 0.256 e. The second kappa shape index (κ2) is 9.04. The summed E-state index contributed by atoms with van der Waals surface area (Å²) in [7, 11) is 4.00. The summed E-state index contributed by atoms with van der Waals surface area (Å²) in [6.45, 7) is 6.06. The first kappa shape index (κ1) is 22.1. The zero-order valence-electron chi connectivity index (χ0n) is 18.6. The summed E-state index contributed by atoms with van der Waals surface area (Å²) < 4.78 is 1.74. The molecule has 31 heavy (non-hydrogen) atoms. The highest BCUT2D eigenvalue weighted by Crippen LogP contribution is 2.19. The van der Waals surface area contributed by atoms with E-state index in [0.717, 1.165) is 11.3 Å². The van der Waals surface area contributed by atoms with E-state index in [9.17, 15) is 9.59 Å². The molecule has 2 amide bonds. The molecule has 3 rings (SSSR count). The van der Waals surface area contributed by atoms with Crippen molar-refractivity contribution in [2.75, 3.05) is 29.6 Å². The molecule has 0 saturated carbocycles. The van der Waals surface area contributed by atoms with Crippen LogP contribution >= 0.6 is 0 Å². The maximum atomic E-state index is 12.8. The number of anilines is 3. The highest BCUT2D eigenvalue weighted by atomic mass is 16.2. The summed E-state index contributed by atoms with van der Waals surface area (Å²) in [5.41, 5.74) is 2.72. The molecule has 0 saturated heterocycles. The van der Waals surface area contributed by atoms with Crippen LogP contribution in [-0.4, -0.2) is 35.7 Å². The molecule has 162 valence electrons. The SMILES string of the molecule is CN(C)c1ccc(Cn2nccc2NC(=O)c2cccc(NC(=O)C(C)(C)C)c2)cc1. The Hall–Kier alpha value is -3.61. The van der Waals surface area contributed by atoms with Gasteiger partial charge in [-0.1, -0.05) is 39.0 Å². The van der Waals surface area contributed by atoms with Crippen LogP contribution in [0.4, 0.5) is 17.2 Å². The zero-order chi connectivity index (χ0) is 22.6. The lowest BCUT2D eigenvalue weighted by Crippen LogP contribution is -2.27. The number of carbonyl (C=O) groups is 2. The second-order valence-electron chi connectivity index (χ2n) is 8.67. The molecule has 2 aromatic carbocycles. The van der Waals surface area contributed by atoms with Crippen molar-refractivity contribution < 1.29 is 9.59 Å². The minimum Gasteiger partial charge on any atom is -0.378 e. The standard InChI is InChI=1S/C24H29N5O2/c1-24(2,3)23(31)26-19-8-6-7-18(15-19)22(30)27-21-13-14-25-29(21)16-17-9-11-20(12-10-17)28(4)5/h6-15H,16H2,1-5H3,(H,26,31)(H,27,30). The molecular weight excluding hydrogens is 390 g/mol. The molecule has 0 spiro atoms. The van der Waals surface area contributed by atoms with Crippen LogP contribution in [0.3, 0.4) is 0 Å². The van der Waals surface area contributed by atoms with Gasteiger partial charge in [0.05, 0.1) is 12.7 Å². The summed E-state index contributed by atoms with van der Waals surface area (Å²) in [5, 5.41) is 10.1. The van der Waals surface area contributed by atoms with E-state index in [1.54, 1.807) is 41.2 Å². The van der Waals surface area contributed by atoms with Crippen molar-refractivity contribution in [2.45, 2.75) is 27.3 Å². The summed E-state index contributed by atoms with van der Waals surface area (Å²) in [6, 6.07) is 16.8. The highest BCUT2D eigenvalue weighted by molar-refractivity contribution is 6.05. The highest BCUT2D eigenvalue weighted by Gasteiger charge is 2.21. The van der Waals surface area contributed by atoms with E-state index in [1.165, 1.54) is 0 Å². The predicted molar refractivity (Wildman–Crippen MR) is 125 cm³/mol. The average Bonchev–Trinajstić information content (AvgIpc) is 3.14. The molecule has 7 nitrogen and oxygen atoms in total. The molecule has 0 unspecified atom stereocenters. The number of hydrogen-bond donors (Lipinski definition) is 2. The first-order chi connectivity index (χ1) is 14.6. The van der Waals surface area contributed by atoms with Crippen molar-refractivity contribution in [3.05, 3.63) is 71.9 Å². The van der Waals surface area contributed by atoms with Crippen molar-refractivity contribution in [3.63, 3.8) is 0 Å². The molecular formula is C24H29N5O2. The number of amides is 2. The Labute approximate surface area is 183 Å². The van der Waals surface area contributed by atoms with Gasteiger partial charge in [0.15, 0.2) is 0 Å². The van der Waals surface area contributed by atoms with Crippen molar-refractivity contribution >= 4 is 29.0 Å². The third-order valence-electron chi connectivity index (χ3n) is 4.81. The number of nitrogens with one attached hydrogen (secondary N) is 2. The summed E-state index contributed by atoms with van der Waals surface area (Å²) in [6.07, 6.45) is 1.66. The monoisotopic (exact) mass is 419 g/mol. The first-order valence-electron chi connectivity index (χ1n) is 10.1. The summed E-state index contributed by atoms with van der Waals surface area (Å²) >= 11 is 0. The van der Waals surface area contributed by atoms with E-state index in [0.29, 0.717) is 23.6 Å². The number of aromatic nitrogens is 2. The van der Waals surface area contributed by atoms with E-state index < -0.39 is 5.41 Å². The molecule has 0 aliphatic heterocycles. The lowest BCUT2D eigenvalue weighted by atomic mass is 9.95. The van der Waals surface area contributed by atoms with E-state index >= 15 is 0 Å². The molecule has 7 heteroatoms. The number of rotatable bonds is 6. The van der Waals surface area contributed by atoms with Gasteiger partial charge in [0, 0.05) is 42.5 Å². The van der Waals surface area contributed by atoms with Crippen LogP contribution in [0, 0.1) is 5.41 Å². The number of benzene rings is 2. The van der Waals surface area contributed by atoms with Gasteiger partial charge in [-0.2, -0.15) is 5.10 Å². The Bertz CT molecular complexity index is 1060. The molecule has 2 N–H and O–H groups in total. The van der Waals surface area contributed by atoms with Gasteiger partial charge in [0.2, 0.25) is 5.91 Å². The Morgan fingerprint density at radius 2 is 1.71 bits per heavy atom. The lowest BCUT2D eigenvalue weighted by Gasteiger charge is -2.18. The van der Waals surface area contributed by atoms with Crippen LogP contribution < -0.4 is 15.5 Å². The molecule has 0 fully saturated rings. The second-order valence-corrected chi connectivity index (χ2v) is 8.67. The van der Waals surface area contributed by atoms with Crippen LogP contribution in [0.1, 0.15) is 36.7 Å². The van der Waals surface area contributed by atoms with Gasteiger partial charge >= 0.3 is 0 Å². The maximum Gasteiger partial charge on any atom is 0.256 e. The number of nitrogens with zero attached hydrogens (tertiary/aromatic N) is 3. The van der Waals surface area contributed by atoms with Crippen molar-refractivity contribution in [1.82, 2.24) is 9.78 Å². The fourth-order valence-electron chi connectivity index (χ4n) is 2.88. The van der Waals surface area contributed by atoms with Crippen molar-refractivity contribution in [2.24, 2.45) is 5.41 Å². The van der Waals surface area contributed by atoms with E-state index in [4.69, 9.17) is 0 Å². The quantitative estimate of drug-likeness (QED) is 0.627. The summed E-state index contributed by atoms with van der Waals surface area (Å²) in [4.78, 5) is 27.1. The fourth-order valence-corrected chi connectivity index (χ4v) is 2.88. The first-order valence-corrected chi connectivity index (χ1v) is 10.1. The van der Waals surface area contributed by atoms with Gasteiger partial charge in [0.1, 0.15) is 5.82 Å². The van der Waals surface area contributed by atoms with Gasteiger partial charge in [-0.25, -0.2) is 4.68 Å². The van der Waals surface area contributed by atoms with E-state index in [-0.39, 0.29) is 11.8 Å². The molecule has 0 bridgehead atoms. The normalized spacial score (nSPS) is 11.1. The number of hydrogen-bond acceptors (Lipinski definition) is 4. The third kappa shape index (κ3) is 5.72. The van der Waals surface area contributed by atoms with Crippen LogP contribution in [0.5, 0.6) is 0 Å². The van der Waals surface area contributed by atoms with Gasteiger partial charge in [0.25, 0.3) is 5.91 Å². The van der Waals surface area contributed by atoms with Crippen molar-refractivity contribution in [3.8, 4) is 0 Å². The molecule has 0 aliphatic rings. The Balaban J connectivity index is 1.70. The number of carbonyl (C=O) groups excluding carboxylic acids is 2. The molecule has 0 aliphatic carbocycles. The predicted octanol–water partition coefficient (Wildman–Crippen LogP) is 4.23. The third-order valence-corrected chi connectivity index (χ3v) is 4.81. The Morgan fingerprint density at radius 1 is 1.00 bits per heavy atom. The van der Waals surface area contributed by atoms with Crippen LogP contribution in [0.2, 0.25) is 0 Å². The van der Waals surface area contributed by atoms with E-state index in [2.05, 4.69) is 27.9 Å². The Morgan fingerprint density at radius 3 is 2.35 bits per heavy atom. The fraction of sp³-hybridized carbons (Fsp3) is 0.292. The molecule has 0 radical (unpaired) electrons. The zero-order valence-corrected chi connectivity index (χ0v) is 18.6. The topological polar surface area (TPSA) is 79.3 Å². The minimum absolute atomic E-state index is 0.108. The minimum atomic E-state index is -0.518. The largest absolute Gasteiger partial charge is 0.378 e. The van der Waals surface area contributed by atoms with Gasteiger partial charge in [-0.05, 0) is 35.9 Å². The van der Waals surface area contributed by atoms with Crippen LogP contribution in [0.25, 0.3) is 0 Å². The van der Waals surface area contributed by atoms with Crippen molar-refractivity contribution in [1.29, 1.82) is 0 Å². The maximum absolute atomic E-state index is 12.8. The van der Waals surface area contributed by atoms with Gasteiger partial charge in [-0.3, -0.25) is 9.59 Å². The Kier molecular flexibility index (Phi) is 6.44. The molecule has 3 aromatic rings. The average molecular weight is 420 g/mol. The molecule has 1 aromatic heterocycles. The molecule has 1 heterocycles. The van der Waals surface area contributed by atoms with Gasteiger partial charge < -0.3 is 15.5 Å². The van der Waals surface area contributed by atoms with Crippen LogP contribution in [0.15, 0.2) is 60.8 Å². The van der Waals surface area contributed by atoms with Gasteiger partial charge in [-0.15, -0.1) is 0 Å². The van der Waals surface area contributed by atoms with E-state index in [1.807, 2.05) is 51.9 Å². The lowest BCUT2D eigenvalue weighted by molar-refractivity contribution is -0.123. The summed E-state index contributed by atoms with van der Waals surface area (Å²) in [5.74, 6) is 0.228. The molecule has 0 atom stereocenters. The van der Waals surface area contributed by atoms with Crippen LogP contribution in [-0.2, 0) is 11.3 Å².